The molecular weight excluding hydrogens is 416 g/mol. The highest BCUT2D eigenvalue weighted by Crippen LogP contribution is 2.32. The third-order valence-electron chi connectivity index (χ3n) is 5.48. The molecule has 4 nitrogen and oxygen atoms in total. The summed E-state index contributed by atoms with van der Waals surface area (Å²) in [6.45, 7) is 0. The average Bonchev–Trinajstić information content (AvgIpc) is 3.28. The molecule has 0 spiro atoms. The van der Waals surface area contributed by atoms with E-state index in [4.69, 9.17) is 19.1 Å². The molecule has 4 aromatic carbocycles. The van der Waals surface area contributed by atoms with Crippen LogP contribution in [0.4, 0.5) is 5.69 Å². The van der Waals surface area contributed by atoms with Crippen LogP contribution in [0.3, 0.4) is 0 Å². The molecule has 0 saturated carbocycles. The molecule has 6 rings (SSSR count). The lowest BCUT2D eigenvalue weighted by molar-refractivity contribution is 0.415. The van der Waals surface area contributed by atoms with Crippen LogP contribution in [0.25, 0.3) is 42.5 Å². The van der Waals surface area contributed by atoms with E-state index in [0.29, 0.717) is 5.55 Å². The summed E-state index contributed by atoms with van der Waals surface area (Å²) < 4.78 is 12.8. The molecule has 6 aromatic rings. The second-order valence-electron chi connectivity index (χ2n) is 7.46. The lowest BCUT2D eigenvalue weighted by Gasteiger charge is -2.06. The molecule has 0 aliphatic rings. The highest BCUT2D eigenvalue weighted by atomic mass is 32.1. The molecule has 32 heavy (non-hydrogen) atoms. The van der Waals surface area contributed by atoms with E-state index in [0.717, 1.165) is 48.6 Å². The Morgan fingerprint density at radius 3 is 2.50 bits per heavy atom. The van der Waals surface area contributed by atoms with Crippen molar-refractivity contribution >= 4 is 49.0 Å². The number of para-hydroxylation sites is 1. The average molecular weight is 435 g/mol. The van der Waals surface area contributed by atoms with E-state index in [1.807, 2.05) is 54.6 Å². The molecular formula is C27H18N2O2S. The Bertz CT molecular complexity index is 1630. The van der Waals surface area contributed by atoms with Crippen LogP contribution in [0.5, 0.6) is 5.75 Å². The van der Waals surface area contributed by atoms with E-state index in [1.165, 1.54) is 5.39 Å². The maximum absolute atomic E-state index is 6.38. The zero-order chi connectivity index (χ0) is 21.5. The van der Waals surface area contributed by atoms with Gasteiger partial charge >= 0.3 is 0 Å². The van der Waals surface area contributed by atoms with Gasteiger partial charge in [0, 0.05) is 5.39 Å². The Balaban J connectivity index is 1.66. The van der Waals surface area contributed by atoms with Gasteiger partial charge in [0.05, 0.1) is 28.6 Å². The second kappa shape index (κ2) is 7.62. The smallest absolute Gasteiger partial charge is 0.230 e. The molecule has 5 heteroatoms. The summed E-state index contributed by atoms with van der Waals surface area (Å²) in [5.41, 5.74) is 3.97. The van der Waals surface area contributed by atoms with E-state index in [2.05, 4.69) is 36.4 Å². The fraction of sp³-hybridized carbons (Fsp3) is 0.0370. The summed E-state index contributed by atoms with van der Waals surface area (Å²) >= 11 is 1.64. The Hall–Kier alpha value is -3.96. The minimum Gasteiger partial charge on any atom is -0.497 e. The highest BCUT2D eigenvalue weighted by Gasteiger charge is 2.13. The number of benzene rings is 4. The Morgan fingerprint density at radius 1 is 0.844 bits per heavy atom. The number of thiazole rings is 1. The van der Waals surface area contributed by atoms with Gasteiger partial charge in [0.15, 0.2) is 0 Å². The van der Waals surface area contributed by atoms with Crippen molar-refractivity contribution in [3.63, 3.8) is 0 Å². The van der Waals surface area contributed by atoms with Crippen LogP contribution in [0.1, 0.15) is 0 Å². The van der Waals surface area contributed by atoms with Crippen LogP contribution < -0.4 is 10.3 Å². The number of rotatable bonds is 3. The zero-order valence-corrected chi connectivity index (χ0v) is 18.1. The molecule has 0 aliphatic carbocycles. The largest absolute Gasteiger partial charge is 0.497 e. The first-order valence-corrected chi connectivity index (χ1v) is 11.1. The number of hydrogen-bond acceptors (Lipinski definition) is 5. The molecule has 0 N–H and O–H groups in total. The number of hydrogen-bond donors (Lipinski definition) is 0. The van der Waals surface area contributed by atoms with E-state index in [-0.39, 0.29) is 0 Å². The van der Waals surface area contributed by atoms with Gasteiger partial charge in [0.2, 0.25) is 5.55 Å². The van der Waals surface area contributed by atoms with Crippen molar-refractivity contribution in [1.29, 1.82) is 0 Å². The topological polar surface area (TPSA) is 47.6 Å². The molecule has 0 unspecified atom stereocenters. The van der Waals surface area contributed by atoms with Crippen LogP contribution in [0.15, 0.2) is 100 Å². The van der Waals surface area contributed by atoms with Crippen molar-refractivity contribution in [3.8, 4) is 16.3 Å². The van der Waals surface area contributed by atoms with Crippen LogP contribution >= 0.6 is 11.3 Å². The normalized spacial score (nSPS) is 12.1. The minimum absolute atomic E-state index is 0.539. The van der Waals surface area contributed by atoms with Crippen molar-refractivity contribution in [1.82, 2.24) is 4.98 Å². The molecule has 0 bridgehead atoms. The maximum Gasteiger partial charge on any atom is 0.230 e. The molecule has 2 heterocycles. The quantitative estimate of drug-likeness (QED) is 0.279. The van der Waals surface area contributed by atoms with Gasteiger partial charge in [-0.3, -0.25) is 0 Å². The molecule has 0 fully saturated rings. The van der Waals surface area contributed by atoms with E-state index in [9.17, 15) is 0 Å². The lowest BCUT2D eigenvalue weighted by Crippen LogP contribution is -2.05. The van der Waals surface area contributed by atoms with E-state index >= 15 is 0 Å². The Kier molecular flexibility index (Phi) is 4.47. The van der Waals surface area contributed by atoms with Crippen molar-refractivity contribution in [3.05, 3.63) is 96.5 Å². The van der Waals surface area contributed by atoms with Gasteiger partial charge in [0.25, 0.3) is 0 Å². The number of methoxy groups -OCH3 is 1. The minimum atomic E-state index is 0.539. The number of nitrogens with zero attached hydrogens (tertiary/aromatic N) is 2. The standard InChI is InChI=1S/C27H18N2O2S/c1-30-19-13-11-18(12-14-19)28-26-22(27-29-23-8-4-5-9-25(23)32-27)16-21-20-7-3-2-6-17(20)10-15-24(21)31-26/h2-16H,1H3. The van der Waals surface area contributed by atoms with Gasteiger partial charge in [-0.2, -0.15) is 0 Å². The maximum atomic E-state index is 6.38. The number of fused-ring (bicyclic) bond motifs is 4. The van der Waals surface area contributed by atoms with Gasteiger partial charge < -0.3 is 9.15 Å². The van der Waals surface area contributed by atoms with Crippen molar-refractivity contribution in [2.45, 2.75) is 0 Å². The monoisotopic (exact) mass is 434 g/mol. The van der Waals surface area contributed by atoms with Crippen molar-refractivity contribution in [2.75, 3.05) is 7.11 Å². The Labute approximate surface area is 188 Å². The first-order valence-electron chi connectivity index (χ1n) is 10.3. The van der Waals surface area contributed by atoms with Crippen LogP contribution in [-0.2, 0) is 0 Å². The van der Waals surface area contributed by atoms with Gasteiger partial charge in [-0.25, -0.2) is 9.98 Å². The van der Waals surface area contributed by atoms with Crippen molar-refractivity contribution < 1.29 is 9.15 Å². The van der Waals surface area contributed by atoms with Gasteiger partial charge in [-0.1, -0.05) is 42.5 Å². The lowest BCUT2D eigenvalue weighted by atomic mass is 10.0. The summed E-state index contributed by atoms with van der Waals surface area (Å²) in [5, 5.41) is 4.25. The number of aromatic nitrogens is 1. The van der Waals surface area contributed by atoms with Crippen LogP contribution in [0, 0.1) is 0 Å². The summed E-state index contributed by atoms with van der Waals surface area (Å²) in [6, 6.07) is 30.4. The highest BCUT2D eigenvalue weighted by molar-refractivity contribution is 7.21. The predicted molar refractivity (Wildman–Crippen MR) is 131 cm³/mol. The first-order chi connectivity index (χ1) is 15.8. The predicted octanol–water partition coefficient (Wildman–Crippen LogP) is 7.10. The molecule has 154 valence electrons. The summed E-state index contributed by atoms with van der Waals surface area (Å²) in [7, 11) is 1.65. The third-order valence-corrected chi connectivity index (χ3v) is 6.55. The number of ether oxygens (including phenoxy) is 1. The van der Waals surface area contributed by atoms with Crippen molar-refractivity contribution in [2.24, 2.45) is 4.99 Å². The zero-order valence-electron chi connectivity index (χ0n) is 17.3. The Morgan fingerprint density at radius 2 is 1.66 bits per heavy atom. The van der Waals surface area contributed by atoms with Crippen LogP contribution in [-0.4, -0.2) is 12.1 Å². The van der Waals surface area contributed by atoms with Gasteiger partial charge in [-0.15, -0.1) is 11.3 Å². The summed E-state index contributed by atoms with van der Waals surface area (Å²) in [5.74, 6) is 0.789. The second-order valence-corrected chi connectivity index (χ2v) is 8.49. The molecule has 0 amide bonds. The molecule has 0 aliphatic heterocycles. The molecule has 2 aromatic heterocycles. The first kappa shape index (κ1) is 18.8. The molecule has 0 saturated heterocycles. The third kappa shape index (κ3) is 3.24. The summed E-state index contributed by atoms with van der Waals surface area (Å²) in [4.78, 5) is 9.72. The SMILES string of the molecule is COc1ccc(N=c2oc3ccc4ccccc4c3cc2-c2nc3ccccc3s2)cc1. The molecule has 0 radical (unpaired) electrons. The molecule has 0 atom stereocenters. The van der Waals surface area contributed by atoms with E-state index < -0.39 is 0 Å². The van der Waals surface area contributed by atoms with Gasteiger partial charge in [0.1, 0.15) is 16.3 Å². The van der Waals surface area contributed by atoms with Crippen LogP contribution in [0.2, 0.25) is 0 Å². The van der Waals surface area contributed by atoms with E-state index in [1.54, 1.807) is 18.4 Å². The summed E-state index contributed by atoms with van der Waals surface area (Å²) in [6.07, 6.45) is 0. The fourth-order valence-electron chi connectivity index (χ4n) is 3.88. The fourth-order valence-corrected chi connectivity index (χ4v) is 4.85. The van der Waals surface area contributed by atoms with Gasteiger partial charge in [-0.05, 0) is 59.3 Å².